The highest BCUT2D eigenvalue weighted by molar-refractivity contribution is 5.74. The highest BCUT2D eigenvalue weighted by Crippen LogP contribution is 2.16. The van der Waals surface area contributed by atoms with Gasteiger partial charge in [-0.25, -0.2) is 4.79 Å². The number of hydrogen-bond donors (Lipinski definition) is 1. The predicted molar refractivity (Wildman–Crippen MR) is 38.8 cm³/mol. The largest absolute Gasteiger partial charge is 0.480 e. The Hall–Kier alpha value is -1.19. The lowest BCUT2D eigenvalue weighted by Gasteiger charge is -2.42. The molecular formula is C7H10N2O2. The number of carboxylic acids is 1. The van der Waals surface area contributed by atoms with Gasteiger partial charge in [0.1, 0.15) is 6.04 Å². The summed E-state index contributed by atoms with van der Waals surface area (Å²) >= 11 is 0. The van der Waals surface area contributed by atoms with E-state index in [4.69, 9.17) is 5.11 Å². The Morgan fingerprint density at radius 2 is 2.27 bits per heavy atom. The minimum Gasteiger partial charge on any atom is -0.480 e. The molecule has 3 aliphatic rings. The molecule has 1 atom stereocenters. The van der Waals surface area contributed by atoms with Crippen molar-refractivity contribution in [2.45, 2.75) is 6.04 Å². The van der Waals surface area contributed by atoms with Crippen LogP contribution in [-0.2, 0) is 4.79 Å². The van der Waals surface area contributed by atoms with E-state index in [-0.39, 0.29) is 6.04 Å². The standard InChI is InChI=1S/C7H10N2O2/c10-7(11)6-5-8-1-3-9(6)4-2-8/h1,3,6H,2,4-5H2,(H,10,11). The summed E-state index contributed by atoms with van der Waals surface area (Å²) in [7, 11) is 0. The van der Waals surface area contributed by atoms with Crippen LogP contribution in [0, 0.1) is 0 Å². The van der Waals surface area contributed by atoms with E-state index in [0.29, 0.717) is 6.54 Å². The lowest BCUT2D eigenvalue weighted by atomic mass is 10.1. The molecule has 2 bridgehead atoms. The fourth-order valence-corrected chi connectivity index (χ4v) is 1.53. The van der Waals surface area contributed by atoms with Gasteiger partial charge in [0.15, 0.2) is 0 Å². The quantitative estimate of drug-likeness (QED) is 0.555. The average Bonchev–Trinajstić information content (AvgIpc) is 2.06. The highest BCUT2D eigenvalue weighted by atomic mass is 16.4. The molecule has 60 valence electrons. The van der Waals surface area contributed by atoms with Crippen molar-refractivity contribution in [3.63, 3.8) is 0 Å². The van der Waals surface area contributed by atoms with Crippen molar-refractivity contribution in [3.8, 4) is 0 Å². The van der Waals surface area contributed by atoms with E-state index < -0.39 is 5.97 Å². The fourth-order valence-electron chi connectivity index (χ4n) is 1.53. The van der Waals surface area contributed by atoms with Gasteiger partial charge in [0.2, 0.25) is 0 Å². The van der Waals surface area contributed by atoms with Crippen LogP contribution in [-0.4, -0.2) is 46.6 Å². The van der Waals surface area contributed by atoms with Gasteiger partial charge in [-0.3, -0.25) is 0 Å². The molecule has 1 saturated heterocycles. The fraction of sp³-hybridized carbons (Fsp3) is 0.571. The number of rotatable bonds is 1. The van der Waals surface area contributed by atoms with E-state index in [1.54, 1.807) is 0 Å². The number of piperazine rings is 1. The number of nitrogens with zero attached hydrogens (tertiary/aromatic N) is 2. The van der Waals surface area contributed by atoms with E-state index in [1.807, 2.05) is 22.2 Å². The molecule has 0 aromatic heterocycles. The van der Waals surface area contributed by atoms with Crippen LogP contribution in [0.3, 0.4) is 0 Å². The van der Waals surface area contributed by atoms with Gasteiger partial charge < -0.3 is 14.9 Å². The zero-order chi connectivity index (χ0) is 7.84. The monoisotopic (exact) mass is 154 g/mol. The van der Waals surface area contributed by atoms with E-state index in [0.717, 1.165) is 13.1 Å². The third-order valence-corrected chi connectivity index (χ3v) is 2.21. The molecule has 4 nitrogen and oxygen atoms in total. The van der Waals surface area contributed by atoms with Gasteiger partial charge in [0, 0.05) is 32.0 Å². The molecule has 0 spiro atoms. The van der Waals surface area contributed by atoms with Gasteiger partial charge >= 0.3 is 5.97 Å². The average molecular weight is 154 g/mol. The zero-order valence-electron chi connectivity index (χ0n) is 6.10. The van der Waals surface area contributed by atoms with Crippen molar-refractivity contribution in [3.05, 3.63) is 12.4 Å². The number of fused-ring (bicyclic) bond motifs is 2. The molecule has 0 radical (unpaired) electrons. The Morgan fingerprint density at radius 3 is 2.55 bits per heavy atom. The van der Waals surface area contributed by atoms with E-state index in [1.165, 1.54) is 0 Å². The van der Waals surface area contributed by atoms with Crippen LogP contribution in [0.4, 0.5) is 0 Å². The van der Waals surface area contributed by atoms with E-state index in [2.05, 4.69) is 0 Å². The molecule has 1 N–H and O–H groups in total. The minimum absolute atomic E-state index is 0.325. The number of hydrogen-bond acceptors (Lipinski definition) is 3. The van der Waals surface area contributed by atoms with Crippen molar-refractivity contribution >= 4 is 5.97 Å². The van der Waals surface area contributed by atoms with Crippen molar-refractivity contribution < 1.29 is 9.90 Å². The molecule has 0 aromatic carbocycles. The van der Waals surface area contributed by atoms with E-state index >= 15 is 0 Å². The Balaban J connectivity index is 2.17. The smallest absolute Gasteiger partial charge is 0.328 e. The van der Waals surface area contributed by atoms with Gasteiger partial charge in [-0.2, -0.15) is 0 Å². The molecule has 1 unspecified atom stereocenters. The van der Waals surface area contributed by atoms with Gasteiger partial charge in [-0.15, -0.1) is 0 Å². The second-order valence-corrected chi connectivity index (χ2v) is 2.88. The molecular weight excluding hydrogens is 144 g/mol. The van der Waals surface area contributed by atoms with Crippen LogP contribution in [0.2, 0.25) is 0 Å². The van der Waals surface area contributed by atoms with Crippen molar-refractivity contribution in [2.75, 3.05) is 19.6 Å². The SMILES string of the molecule is O=C(O)C1CN2C=CN1CC2. The summed E-state index contributed by atoms with van der Waals surface area (Å²) in [6, 6.07) is -0.325. The summed E-state index contributed by atoms with van der Waals surface area (Å²) in [5.41, 5.74) is 0. The molecule has 11 heavy (non-hydrogen) atoms. The number of carbonyl (C=O) groups is 1. The second-order valence-electron chi connectivity index (χ2n) is 2.88. The Kier molecular flexibility index (Phi) is 1.27. The van der Waals surface area contributed by atoms with Crippen molar-refractivity contribution in [2.24, 2.45) is 0 Å². The molecule has 0 saturated carbocycles. The lowest BCUT2D eigenvalue weighted by Crippen LogP contribution is -2.55. The Bertz CT molecular complexity index is 214. The maximum Gasteiger partial charge on any atom is 0.328 e. The van der Waals surface area contributed by atoms with Crippen LogP contribution < -0.4 is 0 Å². The maximum atomic E-state index is 10.6. The van der Waals surface area contributed by atoms with Gasteiger partial charge in [0.25, 0.3) is 0 Å². The first kappa shape index (κ1) is 6.52. The van der Waals surface area contributed by atoms with Crippen LogP contribution in [0.1, 0.15) is 0 Å². The Morgan fingerprint density at radius 1 is 1.45 bits per heavy atom. The van der Waals surface area contributed by atoms with Crippen molar-refractivity contribution in [1.82, 2.24) is 9.80 Å². The van der Waals surface area contributed by atoms with E-state index in [9.17, 15) is 4.79 Å². The van der Waals surface area contributed by atoms with Crippen LogP contribution >= 0.6 is 0 Å². The first-order valence-corrected chi connectivity index (χ1v) is 3.68. The molecule has 4 heteroatoms. The predicted octanol–water partition coefficient (Wildman–Crippen LogP) is -0.458. The molecule has 0 aromatic rings. The minimum atomic E-state index is -0.723. The highest BCUT2D eigenvalue weighted by Gasteiger charge is 2.32. The van der Waals surface area contributed by atoms with Gasteiger partial charge in [-0.05, 0) is 0 Å². The number of carboxylic acid groups (broad SMARTS) is 1. The molecule has 3 aliphatic heterocycles. The first-order valence-electron chi connectivity index (χ1n) is 3.68. The van der Waals surface area contributed by atoms with Gasteiger partial charge in [0.05, 0.1) is 0 Å². The lowest BCUT2D eigenvalue weighted by molar-refractivity contribution is -0.144. The molecule has 0 aliphatic carbocycles. The molecule has 0 amide bonds. The van der Waals surface area contributed by atoms with Crippen LogP contribution in [0.25, 0.3) is 0 Å². The number of aliphatic carboxylic acids is 1. The van der Waals surface area contributed by atoms with Crippen LogP contribution in [0.15, 0.2) is 12.4 Å². The van der Waals surface area contributed by atoms with Crippen molar-refractivity contribution in [1.29, 1.82) is 0 Å². The van der Waals surface area contributed by atoms with Gasteiger partial charge in [-0.1, -0.05) is 0 Å². The zero-order valence-corrected chi connectivity index (χ0v) is 6.10. The summed E-state index contributed by atoms with van der Waals surface area (Å²) in [6.07, 6.45) is 3.80. The summed E-state index contributed by atoms with van der Waals surface area (Å²) in [5, 5.41) is 8.76. The molecule has 3 heterocycles. The maximum absolute atomic E-state index is 10.6. The summed E-state index contributed by atoms with van der Waals surface area (Å²) < 4.78 is 0. The Labute approximate surface area is 64.7 Å². The summed E-state index contributed by atoms with van der Waals surface area (Å²) in [4.78, 5) is 14.6. The first-order chi connectivity index (χ1) is 5.27. The third kappa shape index (κ3) is 0.943. The second kappa shape index (κ2) is 2.15. The van der Waals surface area contributed by atoms with Crippen LogP contribution in [0.5, 0.6) is 0 Å². The summed E-state index contributed by atoms with van der Waals surface area (Å²) in [5.74, 6) is -0.723. The summed E-state index contributed by atoms with van der Waals surface area (Å²) in [6.45, 7) is 2.43. The topological polar surface area (TPSA) is 43.8 Å². The normalized spacial score (nSPS) is 27.8. The molecule has 3 rings (SSSR count). The molecule has 1 fully saturated rings. The third-order valence-electron chi connectivity index (χ3n) is 2.21.